The Morgan fingerprint density at radius 2 is 1.79 bits per heavy atom. The summed E-state index contributed by atoms with van der Waals surface area (Å²) in [5.41, 5.74) is -0.152. The highest BCUT2D eigenvalue weighted by Gasteiger charge is 2.23. The summed E-state index contributed by atoms with van der Waals surface area (Å²) in [5.74, 6) is -1.80. The molecule has 1 atom stereocenters. The first-order valence-corrected chi connectivity index (χ1v) is 5.89. The molecule has 100 valence electrons. The molecule has 1 nitrogen and oxygen atoms in total. The van der Waals surface area contributed by atoms with Crippen LogP contribution in [0.2, 0.25) is 0 Å². The van der Waals surface area contributed by atoms with Crippen molar-refractivity contribution in [3.63, 3.8) is 0 Å². The molecule has 0 heterocycles. The van der Waals surface area contributed by atoms with Crippen LogP contribution in [0.5, 0.6) is 5.75 Å². The summed E-state index contributed by atoms with van der Waals surface area (Å²) in [4.78, 5) is 0. The molecule has 0 aromatic heterocycles. The van der Waals surface area contributed by atoms with Crippen molar-refractivity contribution in [3.8, 4) is 5.75 Å². The maximum Gasteiger partial charge on any atom is 0.131 e. The van der Waals surface area contributed by atoms with Gasteiger partial charge in [0.25, 0.3) is 0 Å². The molecule has 0 aliphatic rings. The summed E-state index contributed by atoms with van der Waals surface area (Å²) in [6.07, 6.45) is 0. The van der Waals surface area contributed by atoms with Gasteiger partial charge >= 0.3 is 0 Å². The van der Waals surface area contributed by atoms with Gasteiger partial charge in [0.1, 0.15) is 23.2 Å². The standard InChI is InChI=1S/C14H10ClF3O/c1-19-12-4-2-3-11(18)13(12)14(15)9-7-8(16)5-6-10(9)17/h2-7,14H,1H3. The monoisotopic (exact) mass is 286 g/mol. The molecular formula is C14H10ClF3O. The van der Waals surface area contributed by atoms with Crippen LogP contribution in [0.25, 0.3) is 0 Å². The van der Waals surface area contributed by atoms with Crippen molar-refractivity contribution in [1.29, 1.82) is 0 Å². The summed E-state index contributed by atoms with van der Waals surface area (Å²) < 4.78 is 45.6. The van der Waals surface area contributed by atoms with Crippen molar-refractivity contribution < 1.29 is 17.9 Å². The Labute approximate surface area is 113 Å². The van der Waals surface area contributed by atoms with Gasteiger partial charge in [0.05, 0.1) is 18.1 Å². The Balaban J connectivity index is 2.55. The maximum atomic E-state index is 13.8. The molecule has 0 bridgehead atoms. The van der Waals surface area contributed by atoms with Gasteiger partial charge in [-0.05, 0) is 30.3 Å². The molecule has 2 aromatic carbocycles. The lowest BCUT2D eigenvalue weighted by atomic mass is 10.0. The first kappa shape index (κ1) is 13.7. The molecule has 2 rings (SSSR count). The minimum Gasteiger partial charge on any atom is -0.496 e. The van der Waals surface area contributed by atoms with Crippen molar-refractivity contribution in [2.45, 2.75) is 5.38 Å². The van der Waals surface area contributed by atoms with E-state index >= 15 is 0 Å². The minimum atomic E-state index is -1.17. The van der Waals surface area contributed by atoms with Gasteiger partial charge in [0.15, 0.2) is 0 Å². The molecule has 5 heteroatoms. The molecule has 0 saturated heterocycles. The van der Waals surface area contributed by atoms with E-state index in [2.05, 4.69) is 0 Å². The van der Waals surface area contributed by atoms with E-state index in [4.69, 9.17) is 16.3 Å². The SMILES string of the molecule is COc1cccc(F)c1C(Cl)c1cc(F)ccc1F. The Morgan fingerprint density at radius 1 is 1.05 bits per heavy atom. The maximum absolute atomic E-state index is 13.8. The fourth-order valence-corrected chi connectivity index (χ4v) is 2.18. The van der Waals surface area contributed by atoms with E-state index in [9.17, 15) is 13.2 Å². The van der Waals surface area contributed by atoms with Crippen molar-refractivity contribution >= 4 is 11.6 Å². The largest absolute Gasteiger partial charge is 0.496 e. The Hall–Kier alpha value is -1.68. The van der Waals surface area contributed by atoms with Crippen LogP contribution in [0.1, 0.15) is 16.5 Å². The molecule has 0 saturated carbocycles. The van der Waals surface area contributed by atoms with Crippen LogP contribution < -0.4 is 4.74 Å². The summed E-state index contributed by atoms with van der Waals surface area (Å²) in [6, 6.07) is 7.01. The van der Waals surface area contributed by atoms with Gasteiger partial charge in [-0.25, -0.2) is 13.2 Å². The number of halogens is 4. The second-order valence-electron chi connectivity index (χ2n) is 3.88. The number of hydrogen-bond donors (Lipinski definition) is 0. The molecule has 0 aliphatic heterocycles. The van der Waals surface area contributed by atoms with Crippen LogP contribution in [0.4, 0.5) is 13.2 Å². The molecule has 0 radical (unpaired) electrons. The van der Waals surface area contributed by atoms with Gasteiger partial charge in [-0.1, -0.05) is 6.07 Å². The van der Waals surface area contributed by atoms with Crippen LogP contribution in [0.3, 0.4) is 0 Å². The van der Waals surface area contributed by atoms with E-state index in [1.807, 2.05) is 0 Å². The van der Waals surface area contributed by atoms with Crippen LogP contribution in [0.15, 0.2) is 36.4 Å². The zero-order valence-corrected chi connectivity index (χ0v) is 10.7. The predicted octanol–water partition coefficient (Wildman–Crippen LogP) is 4.44. The molecular weight excluding hydrogens is 277 g/mol. The fraction of sp³-hybridized carbons (Fsp3) is 0.143. The van der Waals surface area contributed by atoms with Crippen LogP contribution >= 0.6 is 11.6 Å². The van der Waals surface area contributed by atoms with Crippen molar-refractivity contribution in [3.05, 3.63) is 65.0 Å². The van der Waals surface area contributed by atoms with Gasteiger partial charge in [-0.3, -0.25) is 0 Å². The minimum absolute atomic E-state index is 0.0174. The van der Waals surface area contributed by atoms with Crippen LogP contribution in [0, 0.1) is 17.5 Å². The topological polar surface area (TPSA) is 9.23 Å². The van der Waals surface area contributed by atoms with E-state index in [0.29, 0.717) is 0 Å². The Kier molecular flexibility index (Phi) is 4.00. The second-order valence-corrected chi connectivity index (χ2v) is 4.32. The highest BCUT2D eigenvalue weighted by atomic mass is 35.5. The van der Waals surface area contributed by atoms with Crippen molar-refractivity contribution in [1.82, 2.24) is 0 Å². The third kappa shape index (κ3) is 2.68. The van der Waals surface area contributed by atoms with E-state index in [0.717, 1.165) is 18.2 Å². The average Bonchev–Trinajstić information content (AvgIpc) is 2.40. The van der Waals surface area contributed by atoms with Crippen LogP contribution in [-0.4, -0.2) is 7.11 Å². The lowest BCUT2D eigenvalue weighted by Gasteiger charge is -2.15. The van der Waals surface area contributed by atoms with Crippen LogP contribution in [-0.2, 0) is 0 Å². The second kappa shape index (κ2) is 5.53. The fourth-order valence-electron chi connectivity index (χ4n) is 1.81. The zero-order chi connectivity index (χ0) is 14.0. The lowest BCUT2D eigenvalue weighted by Crippen LogP contribution is -2.03. The average molecular weight is 287 g/mol. The highest BCUT2D eigenvalue weighted by molar-refractivity contribution is 6.22. The third-order valence-electron chi connectivity index (χ3n) is 2.72. The van der Waals surface area contributed by atoms with Gasteiger partial charge in [-0.15, -0.1) is 11.6 Å². The molecule has 1 unspecified atom stereocenters. The highest BCUT2D eigenvalue weighted by Crippen LogP contribution is 2.37. The smallest absolute Gasteiger partial charge is 0.131 e. The molecule has 19 heavy (non-hydrogen) atoms. The molecule has 2 aromatic rings. The quantitative estimate of drug-likeness (QED) is 0.758. The normalized spacial score (nSPS) is 12.3. The number of ether oxygens (including phenoxy) is 1. The first-order valence-electron chi connectivity index (χ1n) is 5.46. The lowest BCUT2D eigenvalue weighted by molar-refractivity contribution is 0.404. The molecule has 0 amide bonds. The van der Waals surface area contributed by atoms with E-state index in [1.54, 1.807) is 0 Å². The van der Waals surface area contributed by atoms with Crippen molar-refractivity contribution in [2.24, 2.45) is 0 Å². The summed E-state index contributed by atoms with van der Waals surface area (Å²) in [5, 5.41) is -1.17. The Morgan fingerprint density at radius 3 is 2.47 bits per heavy atom. The van der Waals surface area contributed by atoms with Crippen molar-refractivity contribution in [2.75, 3.05) is 7.11 Å². The zero-order valence-electron chi connectivity index (χ0n) is 9.96. The number of benzene rings is 2. The number of methoxy groups -OCH3 is 1. The number of alkyl halides is 1. The molecule has 0 aliphatic carbocycles. The van der Waals surface area contributed by atoms with Gasteiger partial charge < -0.3 is 4.74 Å². The van der Waals surface area contributed by atoms with E-state index in [1.165, 1.54) is 25.3 Å². The van der Waals surface area contributed by atoms with Gasteiger partial charge in [0, 0.05) is 5.56 Å². The number of hydrogen-bond acceptors (Lipinski definition) is 1. The van der Waals surface area contributed by atoms with E-state index < -0.39 is 22.8 Å². The molecule has 0 spiro atoms. The molecule has 0 fully saturated rings. The summed E-state index contributed by atoms with van der Waals surface area (Å²) in [6.45, 7) is 0. The number of rotatable bonds is 3. The van der Waals surface area contributed by atoms with Gasteiger partial charge in [0.2, 0.25) is 0 Å². The van der Waals surface area contributed by atoms with E-state index in [-0.39, 0.29) is 16.9 Å². The molecule has 0 N–H and O–H groups in total. The summed E-state index contributed by atoms with van der Waals surface area (Å²) in [7, 11) is 1.35. The predicted molar refractivity (Wildman–Crippen MR) is 67.0 cm³/mol. The first-order chi connectivity index (χ1) is 9.04. The Bertz CT molecular complexity index is 601. The van der Waals surface area contributed by atoms with Gasteiger partial charge in [-0.2, -0.15) is 0 Å². The third-order valence-corrected chi connectivity index (χ3v) is 3.17. The summed E-state index contributed by atoms with van der Waals surface area (Å²) >= 11 is 6.07.